The number of esters is 2. The lowest BCUT2D eigenvalue weighted by atomic mass is 9.44. The van der Waals surface area contributed by atoms with Gasteiger partial charge in [0.2, 0.25) is 0 Å². The van der Waals surface area contributed by atoms with Gasteiger partial charge in [0.05, 0.1) is 35.7 Å². The predicted octanol–water partition coefficient (Wildman–Crippen LogP) is 3.42. The fourth-order valence-electron chi connectivity index (χ4n) is 9.05. The number of carbonyl (C=O) groups is 3. The van der Waals surface area contributed by atoms with E-state index in [1.54, 1.807) is 58.0 Å². The normalized spacial score (nSPS) is 42.0. The first-order valence-corrected chi connectivity index (χ1v) is 20.3. The molecule has 2 saturated carbocycles. The predicted molar refractivity (Wildman–Crippen MR) is 178 cm³/mol. The molecule has 0 aromatic heterocycles. The van der Waals surface area contributed by atoms with Gasteiger partial charge < -0.3 is 37.4 Å². The zero-order valence-electron chi connectivity index (χ0n) is 29.4. The molecule has 2 heterocycles. The number of carbonyl (C=O) groups excluding carboxylic acids is 3. The van der Waals surface area contributed by atoms with Crippen LogP contribution in [0.3, 0.4) is 0 Å². The van der Waals surface area contributed by atoms with Gasteiger partial charge in [0, 0.05) is 25.2 Å². The highest BCUT2D eigenvalue weighted by atomic mass is 28.4. The summed E-state index contributed by atoms with van der Waals surface area (Å²) in [5, 5.41) is 25.0. The van der Waals surface area contributed by atoms with Crippen LogP contribution in [0.5, 0.6) is 0 Å². The van der Waals surface area contributed by atoms with E-state index in [1.165, 1.54) is 6.92 Å². The zero-order valence-corrected chi connectivity index (χ0v) is 31.7. The van der Waals surface area contributed by atoms with Crippen molar-refractivity contribution < 1.29 is 51.8 Å². The van der Waals surface area contributed by atoms with E-state index in [2.05, 4.69) is 0 Å². The summed E-state index contributed by atoms with van der Waals surface area (Å²) in [4.78, 5) is 42.7. The Morgan fingerprint density at radius 2 is 1.62 bits per heavy atom. The smallest absolute Gasteiger partial charge is 0.338 e. The Kier molecular flexibility index (Phi) is 9.06. The minimum Gasteiger partial charge on any atom is -0.455 e. The number of hydrogen-bond donors (Lipinski definition) is 2. The van der Waals surface area contributed by atoms with Crippen molar-refractivity contribution in [2.75, 3.05) is 6.61 Å². The number of aliphatic hydroxyl groups is 2. The molecule has 3 unspecified atom stereocenters. The number of ether oxygens (including phenoxy) is 3. The van der Waals surface area contributed by atoms with Crippen LogP contribution < -0.4 is 0 Å². The van der Waals surface area contributed by atoms with Crippen molar-refractivity contribution in [3.8, 4) is 0 Å². The summed E-state index contributed by atoms with van der Waals surface area (Å²) >= 11 is 0. The van der Waals surface area contributed by atoms with Crippen molar-refractivity contribution in [3.05, 3.63) is 47.0 Å². The van der Waals surface area contributed by atoms with Gasteiger partial charge in [0.15, 0.2) is 11.4 Å². The van der Waals surface area contributed by atoms with Gasteiger partial charge >= 0.3 is 30.5 Å². The molecule has 2 N–H and O–H groups in total. The molecule has 0 amide bonds. The molecule has 0 spiro atoms. The molecule has 1 aromatic carbocycles. The van der Waals surface area contributed by atoms with Crippen LogP contribution >= 0.6 is 0 Å². The number of ketones is 1. The molecule has 4 fully saturated rings. The average Bonchev–Trinajstić information content (AvgIpc) is 3.04. The first-order chi connectivity index (χ1) is 22.4. The lowest BCUT2D eigenvalue weighted by Crippen LogP contribution is -2.82. The molecule has 3 aliphatic carbocycles. The molecular weight excluding hydrogens is 653 g/mol. The second-order valence-corrected chi connectivity index (χ2v) is 21.5. The van der Waals surface area contributed by atoms with Gasteiger partial charge in [0.25, 0.3) is 0 Å². The Balaban J connectivity index is 1.69. The highest BCUT2D eigenvalue weighted by Gasteiger charge is 2.78. The molecule has 2 aliphatic heterocycles. The molecule has 264 valence electrons. The zero-order chi connectivity index (χ0) is 35.1. The van der Waals surface area contributed by atoms with Crippen molar-refractivity contribution in [2.24, 2.45) is 16.7 Å². The van der Waals surface area contributed by atoms with E-state index in [0.717, 1.165) is 0 Å². The maximum atomic E-state index is 15.7. The standard InChI is InChI=1S/C35H50O11Si2/c1-18(2)47-44-24-15-25-34(17-41-25,43-21(6)36)28-30(42-31(39)22-13-11-10-12-14-22)35(40)16-23(37)20(5)26(32(35,7)8)27(29(38)33(24,28)9)45-48(46-47)19(3)4/h10-14,18-19,23-25,27-28,30,37,40,47-48H,15-17H2,1-9H3/t23-,24-,25+,27?,28-,30-,33+,34-,35+,47?,48?/m0/s1. The SMILES string of the molecule is CC(=O)O[C@@]12CO[C@@H]1C[C@@H]1O[SiH](C(C)C)O[SiH](C(C)C)OC3C(=O)[C@@]1(C)[C@@H]2[C@H](OC(=O)c1ccccc1)[C@]1(O)C[C@H](O)C(C)=C3C1(C)C. The summed E-state index contributed by atoms with van der Waals surface area (Å²) < 4.78 is 39.5. The molecular formula is C35H50O11Si2. The van der Waals surface area contributed by atoms with E-state index in [-0.39, 0.29) is 41.9 Å². The van der Waals surface area contributed by atoms with Crippen molar-refractivity contribution in [1.29, 1.82) is 0 Å². The first kappa shape index (κ1) is 35.6. The molecule has 13 heteroatoms. The Hall–Kier alpha value is -2.24. The van der Waals surface area contributed by atoms with Crippen molar-refractivity contribution in [2.45, 2.75) is 128 Å². The highest BCUT2D eigenvalue weighted by molar-refractivity contribution is 6.61. The van der Waals surface area contributed by atoms with Gasteiger partial charge in [-0.05, 0) is 48.2 Å². The summed E-state index contributed by atoms with van der Waals surface area (Å²) in [5.74, 6) is -2.80. The largest absolute Gasteiger partial charge is 0.455 e. The third-order valence-electron chi connectivity index (χ3n) is 11.8. The van der Waals surface area contributed by atoms with Gasteiger partial charge in [0.1, 0.15) is 23.9 Å². The van der Waals surface area contributed by atoms with Gasteiger partial charge in [-0.1, -0.05) is 59.7 Å². The van der Waals surface area contributed by atoms with Crippen LogP contribution in [-0.2, 0) is 36.8 Å². The Bertz CT molecular complexity index is 1500. The molecule has 5 aliphatic rings. The second kappa shape index (κ2) is 12.2. The summed E-state index contributed by atoms with van der Waals surface area (Å²) in [7, 11) is -5.16. The molecule has 2 saturated heterocycles. The molecule has 11 nitrogen and oxygen atoms in total. The quantitative estimate of drug-likeness (QED) is 0.264. The Labute approximate surface area is 285 Å². The van der Waals surface area contributed by atoms with E-state index in [0.29, 0.717) is 11.1 Å². The number of Topliss-reactive ketones (excluding diaryl/α,β-unsaturated/α-hetero) is 1. The third kappa shape index (κ3) is 5.14. The first-order valence-electron chi connectivity index (χ1n) is 17.1. The number of benzene rings is 1. The highest BCUT2D eigenvalue weighted by Crippen LogP contribution is 2.65. The summed E-state index contributed by atoms with van der Waals surface area (Å²) in [6, 6.07) is 8.41. The number of rotatable bonds is 5. The van der Waals surface area contributed by atoms with Gasteiger partial charge in [-0.15, -0.1) is 0 Å². The van der Waals surface area contributed by atoms with Crippen LogP contribution in [0.2, 0.25) is 11.1 Å². The molecule has 4 bridgehead atoms. The van der Waals surface area contributed by atoms with Gasteiger partial charge in [-0.3, -0.25) is 9.59 Å². The third-order valence-corrected chi connectivity index (χ3v) is 17.3. The van der Waals surface area contributed by atoms with Crippen LogP contribution in [0.4, 0.5) is 0 Å². The van der Waals surface area contributed by atoms with E-state index in [1.807, 2.05) is 27.7 Å². The van der Waals surface area contributed by atoms with Crippen LogP contribution in [0.25, 0.3) is 0 Å². The maximum Gasteiger partial charge on any atom is 0.338 e. The van der Waals surface area contributed by atoms with Crippen LogP contribution in [0.1, 0.15) is 85.5 Å². The lowest BCUT2D eigenvalue weighted by molar-refractivity contribution is -0.344. The fourth-order valence-corrected chi connectivity index (χ4v) is 15.0. The maximum absolute atomic E-state index is 15.7. The lowest BCUT2D eigenvalue weighted by Gasteiger charge is -2.68. The number of aliphatic hydroxyl groups excluding tert-OH is 1. The summed E-state index contributed by atoms with van der Waals surface area (Å²) in [6.45, 7) is 16.4. The minimum absolute atomic E-state index is 0.0126. The minimum atomic E-state index is -2.62. The molecule has 0 radical (unpaired) electrons. The van der Waals surface area contributed by atoms with E-state index >= 15 is 4.79 Å². The summed E-state index contributed by atoms with van der Waals surface area (Å²) in [6.07, 6.45) is -5.34. The molecule has 1 aromatic rings. The monoisotopic (exact) mass is 702 g/mol. The molecule has 11 atom stereocenters. The van der Waals surface area contributed by atoms with E-state index < -0.39 is 89.0 Å². The fraction of sp³-hybridized carbons (Fsp3) is 0.686. The van der Waals surface area contributed by atoms with E-state index in [4.69, 9.17) is 27.2 Å². The van der Waals surface area contributed by atoms with Crippen molar-refractivity contribution in [1.82, 2.24) is 0 Å². The van der Waals surface area contributed by atoms with Crippen molar-refractivity contribution in [3.63, 3.8) is 0 Å². The summed E-state index contributed by atoms with van der Waals surface area (Å²) in [5.41, 5.74) is -5.01. The van der Waals surface area contributed by atoms with Crippen LogP contribution in [0, 0.1) is 16.7 Å². The van der Waals surface area contributed by atoms with Crippen LogP contribution in [-0.4, -0.2) is 94.8 Å². The second-order valence-electron chi connectivity index (χ2n) is 15.8. The number of hydrogen-bond acceptors (Lipinski definition) is 11. The average molecular weight is 703 g/mol. The Morgan fingerprint density at radius 1 is 1.00 bits per heavy atom. The van der Waals surface area contributed by atoms with E-state index in [9.17, 15) is 19.8 Å². The van der Waals surface area contributed by atoms with Crippen molar-refractivity contribution >= 4 is 36.3 Å². The molecule has 48 heavy (non-hydrogen) atoms. The Morgan fingerprint density at radius 3 is 2.19 bits per heavy atom. The van der Waals surface area contributed by atoms with Gasteiger partial charge in [-0.25, -0.2) is 4.79 Å². The molecule has 6 rings (SSSR count). The number of fused-ring (bicyclic) bond motifs is 6. The van der Waals surface area contributed by atoms with Gasteiger partial charge in [-0.2, -0.15) is 0 Å². The topological polar surface area (TPSA) is 147 Å². The van der Waals surface area contributed by atoms with Crippen LogP contribution in [0.15, 0.2) is 41.5 Å².